The number of nitrogens with two attached hydrogens (primary N) is 1. The Hall–Kier alpha value is -2.79. The Kier molecular flexibility index (Phi) is 4.30. The van der Waals surface area contributed by atoms with Gasteiger partial charge < -0.3 is 19.6 Å². The predicted octanol–water partition coefficient (Wildman–Crippen LogP) is 2.84. The average molecular weight is 311 g/mol. The molecule has 1 aromatic heterocycles. The summed E-state index contributed by atoms with van der Waals surface area (Å²) in [6.45, 7) is 0.596. The van der Waals surface area contributed by atoms with Crippen molar-refractivity contribution >= 4 is 11.0 Å². The van der Waals surface area contributed by atoms with Gasteiger partial charge in [-0.15, -0.1) is 0 Å². The standard InChI is InChI=1S/C18H17NO4/c1-21-13-4-2-12(3-5-13)11-22-14-6-7-16-17(20)8-15(10-19)23-18(16)9-14/h2-9H,10-11,19H2,1H3. The lowest BCUT2D eigenvalue weighted by Crippen LogP contribution is -2.05. The van der Waals surface area contributed by atoms with E-state index in [-0.39, 0.29) is 12.0 Å². The zero-order valence-electron chi connectivity index (χ0n) is 12.7. The Balaban J connectivity index is 1.81. The molecule has 5 heteroatoms. The summed E-state index contributed by atoms with van der Waals surface area (Å²) in [5, 5.41) is 0.513. The number of hydrogen-bond acceptors (Lipinski definition) is 5. The lowest BCUT2D eigenvalue weighted by Gasteiger charge is -2.08. The summed E-state index contributed by atoms with van der Waals surface area (Å²) >= 11 is 0. The SMILES string of the molecule is COc1ccc(COc2ccc3c(=O)cc(CN)oc3c2)cc1. The van der Waals surface area contributed by atoms with E-state index in [2.05, 4.69) is 0 Å². The Morgan fingerprint density at radius 2 is 1.78 bits per heavy atom. The summed E-state index contributed by atoms with van der Waals surface area (Å²) in [6, 6.07) is 14.2. The average Bonchev–Trinajstić information content (AvgIpc) is 2.60. The fourth-order valence-electron chi connectivity index (χ4n) is 2.26. The number of benzene rings is 2. The molecule has 0 fully saturated rings. The van der Waals surface area contributed by atoms with E-state index in [0.29, 0.717) is 29.1 Å². The highest BCUT2D eigenvalue weighted by atomic mass is 16.5. The van der Waals surface area contributed by atoms with E-state index in [9.17, 15) is 4.79 Å². The number of rotatable bonds is 5. The number of fused-ring (bicyclic) bond motifs is 1. The minimum atomic E-state index is -0.103. The van der Waals surface area contributed by atoms with Gasteiger partial charge >= 0.3 is 0 Å². The molecule has 23 heavy (non-hydrogen) atoms. The largest absolute Gasteiger partial charge is 0.497 e. The highest BCUT2D eigenvalue weighted by Gasteiger charge is 2.06. The Labute approximate surface area is 133 Å². The second-order valence-corrected chi connectivity index (χ2v) is 5.08. The van der Waals surface area contributed by atoms with Gasteiger partial charge in [-0.1, -0.05) is 12.1 Å². The van der Waals surface area contributed by atoms with E-state index in [1.54, 1.807) is 25.3 Å². The molecular weight excluding hydrogens is 294 g/mol. The Morgan fingerprint density at radius 3 is 2.48 bits per heavy atom. The van der Waals surface area contributed by atoms with Crippen LogP contribution in [0.5, 0.6) is 11.5 Å². The first kappa shape index (κ1) is 15.1. The fraction of sp³-hybridized carbons (Fsp3) is 0.167. The fourth-order valence-corrected chi connectivity index (χ4v) is 2.26. The van der Waals surface area contributed by atoms with Gasteiger partial charge in [0.15, 0.2) is 5.43 Å². The van der Waals surface area contributed by atoms with Crippen molar-refractivity contribution in [3.8, 4) is 11.5 Å². The molecule has 2 aromatic carbocycles. The highest BCUT2D eigenvalue weighted by Crippen LogP contribution is 2.21. The smallest absolute Gasteiger partial charge is 0.193 e. The maximum absolute atomic E-state index is 11.9. The van der Waals surface area contributed by atoms with E-state index < -0.39 is 0 Å². The number of methoxy groups -OCH3 is 1. The maximum Gasteiger partial charge on any atom is 0.193 e. The van der Waals surface area contributed by atoms with Gasteiger partial charge in [0, 0.05) is 12.1 Å². The van der Waals surface area contributed by atoms with Gasteiger partial charge in [0.25, 0.3) is 0 Å². The summed E-state index contributed by atoms with van der Waals surface area (Å²) in [7, 11) is 1.63. The van der Waals surface area contributed by atoms with E-state index in [1.165, 1.54) is 6.07 Å². The van der Waals surface area contributed by atoms with Gasteiger partial charge in [0.05, 0.1) is 19.0 Å². The summed E-state index contributed by atoms with van der Waals surface area (Å²) < 4.78 is 16.5. The van der Waals surface area contributed by atoms with Gasteiger partial charge in [-0.25, -0.2) is 0 Å². The monoisotopic (exact) mass is 311 g/mol. The predicted molar refractivity (Wildman–Crippen MR) is 87.7 cm³/mol. The maximum atomic E-state index is 11.9. The van der Waals surface area contributed by atoms with Crippen LogP contribution in [0.2, 0.25) is 0 Å². The molecule has 0 aliphatic carbocycles. The molecule has 3 rings (SSSR count). The Bertz CT molecular complexity index is 868. The quantitative estimate of drug-likeness (QED) is 0.784. The third-order valence-electron chi connectivity index (χ3n) is 3.52. The van der Waals surface area contributed by atoms with Crippen LogP contribution < -0.4 is 20.6 Å². The summed E-state index contributed by atoms with van der Waals surface area (Å²) in [4.78, 5) is 11.9. The van der Waals surface area contributed by atoms with Crippen molar-refractivity contribution in [3.63, 3.8) is 0 Å². The van der Waals surface area contributed by atoms with Crippen LogP contribution in [-0.4, -0.2) is 7.11 Å². The van der Waals surface area contributed by atoms with Crippen LogP contribution in [0.4, 0.5) is 0 Å². The van der Waals surface area contributed by atoms with Gasteiger partial charge in [-0.2, -0.15) is 0 Å². The van der Waals surface area contributed by atoms with Crippen LogP contribution in [0.3, 0.4) is 0 Å². The first-order valence-corrected chi connectivity index (χ1v) is 7.22. The van der Waals surface area contributed by atoms with Gasteiger partial charge in [-0.3, -0.25) is 4.79 Å². The van der Waals surface area contributed by atoms with Crippen LogP contribution in [0, 0.1) is 0 Å². The molecule has 2 N–H and O–H groups in total. The number of ether oxygens (including phenoxy) is 2. The van der Waals surface area contributed by atoms with Gasteiger partial charge in [0.2, 0.25) is 0 Å². The third-order valence-corrected chi connectivity index (χ3v) is 3.52. The molecule has 0 amide bonds. The molecule has 0 unspecified atom stereocenters. The molecule has 1 heterocycles. The van der Waals surface area contributed by atoms with E-state index >= 15 is 0 Å². The minimum Gasteiger partial charge on any atom is -0.497 e. The zero-order valence-corrected chi connectivity index (χ0v) is 12.7. The second kappa shape index (κ2) is 6.54. The van der Waals surface area contributed by atoms with Crippen molar-refractivity contribution < 1.29 is 13.9 Å². The molecular formula is C18H17NO4. The normalized spacial score (nSPS) is 10.7. The van der Waals surface area contributed by atoms with Crippen LogP contribution in [0.1, 0.15) is 11.3 Å². The van der Waals surface area contributed by atoms with E-state index in [1.807, 2.05) is 24.3 Å². The first-order valence-electron chi connectivity index (χ1n) is 7.22. The number of hydrogen-bond donors (Lipinski definition) is 1. The van der Waals surface area contributed by atoms with Crippen molar-refractivity contribution in [3.05, 3.63) is 70.1 Å². The first-order chi connectivity index (χ1) is 11.2. The van der Waals surface area contributed by atoms with E-state index in [0.717, 1.165) is 11.3 Å². The van der Waals surface area contributed by atoms with Crippen molar-refractivity contribution in [2.45, 2.75) is 13.2 Å². The molecule has 0 spiro atoms. The lowest BCUT2D eigenvalue weighted by molar-refractivity contribution is 0.306. The minimum absolute atomic E-state index is 0.103. The highest BCUT2D eigenvalue weighted by molar-refractivity contribution is 5.77. The van der Waals surface area contributed by atoms with Crippen molar-refractivity contribution in [2.24, 2.45) is 5.73 Å². The molecule has 0 atom stereocenters. The van der Waals surface area contributed by atoms with Gasteiger partial charge in [0.1, 0.15) is 29.4 Å². The zero-order chi connectivity index (χ0) is 16.2. The topological polar surface area (TPSA) is 74.7 Å². The molecule has 0 aliphatic heterocycles. The van der Waals surface area contributed by atoms with Crippen LogP contribution in [-0.2, 0) is 13.2 Å². The Morgan fingerprint density at radius 1 is 1.04 bits per heavy atom. The molecule has 0 saturated carbocycles. The van der Waals surface area contributed by atoms with Crippen LogP contribution in [0.25, 0.3) is 11.0 Å². The molecule has 0 radical (unpaired) electrons. The molecule has 118 valence electrons. The van der Waals surface area contributed by atoms with Crippen molar-refractivity contribution in [2.75, 3.05) is 7.11 Å². The van der Waals surface area contributed by atoms with Crippen LogP contribution in [0.15, 0.2) is 57.7 Å². The lowest BCUT2D eigenvalue weighted by atomic mass is 10.2. The van der Waals surface area contributed by atoms with Crippen molar-refractivity contribution in [1.82, 2.24) is 0 Å². The summed E-state index contributed by atoms with van der Waals surface area (Å²) in [5.41, 5.74) is 6.92. The molecule has 3 aromatic rings. The molecule has 0 aliphatic rings. The molecule has 0 bridgehead atoms. The third kappa shape index (κ3) is 3.35. The van der Waals surface area contributed by atoms with Crippen LogP contribution >= 0.6 is 0 Å². The second-order valence-electron chi connectivity index (χ2n) is 5.08. The van der Waals surface area contributed by atoms with Gasteiger partial charge in [-0.05, 0) is 29.8 Å². The van der Waals surface area contributed by atoms with E-state index in [4.69, 9.17) is 19.6 Å². The summed E-state index contributed by atoms with van der Waals surface area (Å²) in [6.07, 6.45) is 0. The molecule has 5 nitrogen and oxygen atoms in total. The molecule has 0 saturated heterocycles. The van der Waals surface area contributed by atoms with Crippen molar-refractivity contribution in [1.29, 1.82) is 0 Å². The summed E-state index contributed by atoms with van der Waals surface area (Å²) in [5.74, 6) is 1.89.